The van der Waals surface area contributed by atoms with Crippen molar-refractivity contribution in [3.63, 3.8) is 0 Å². The Hall–Kier alpha value is -2.65. The summed E-state index contributed by atoms with van der Waals surface area (Å²) < 4.78 is 13.7. The van der Waals surface area contributed by atoms with Gasteiger partial charge in [0.15, 0.2) is 4.34 Å². The Bertz CT molecular complexity index is 1030. The van der Waals surface area contributed by atoms with E-state index in [0.29, 0.717) is 11.7 Å². The van der Waals surface area contributed by atoms with Crippen molar-refractivity contribution < 1.29 is 9.18 Å². The van der Waals surface area contributed by atoms with E-state index in [4.69, 9.17) is 0 Å². The number of hydrogen-bond acceptors (Lipinski definition) is 7. The molecule has 0 bridgehead atoms. The van der Waals surface area contributed by atoms with Crippen LogP contribution < -0.4 is 15.5 Å². The van der Waals surface area contributed by atoms with Gasteiger partial charge in [-0.2, -0.15) is 0 Å². The lowest BCUT2D eigenvalue weighted by molar-refractivity contribution is -0.113. The fourth-order valence-electron chi connectivity index (χ4n) is 3.39. The summed E-state index contributed by atoms with van der Waals surface area (Å²) >= 11 is 2.75. The molecule has 1 aromatic heterocycles. The number of carbonyl (C=O) groups is 1. The first kappa shape index (κ1) is 21.6. The van der Waals surface area contributed by atoms with Crippen LogP contribution in [0.25, 0.3) is 0 Å². The lowest BCUT2D eigenvalue weighted by atomic mass is 10.1. The Morgan fingerprint density at radius 3 is 2.68 bits per heavy atom. The molecule has 6 nitrogen and oxygen atoms in total. The Labute approximate surface area is 189 Å². The average molecular weight is 458 g/mol. The van der Waals surface area contributed by atoms with Gasteiger partial charge in [-0.3, -0.25) is 4.79 Å². The van der Waals surface area contributed by atoms with Crippen molar-refractivity contribution >= 4 is 45.5 Å². The van der Waals surface area contributed by atoms with E-state index in [0.717, 1.165) is 34.2 Å². The maximum atomic E-state index is 13.0. The average Bonchev–Trinajstić information content (AvgIpc) is 3.46. The quantitative estimate of drug-likeness (QED) is 0.468. The molecule has 9 heteroatoms. The number of halogens is 1. The second kappa shape index (κ2) is 10.1. The number of benzene rings is 2. The molecule has 1 aliphatic heterocycles. The largest absolute Gasteiger partial charge is 0.372 e. The maximum absolute atomic E-state index is 13.0. The summed E-state index contributed by atoms with van der Waals surface area (Å²) in [5, 5.41) is 15.0. The number of amides is 1. The van der Waals surface area contributed by atoms with Crippen LogP contribution in [0.1, 0.15) is 24.0 Å². The zero-order chi connectivity index (χ0) is 21.6. The van der Waals surface area contributed by atoms with E-state index in [9.17, 15) is 9.18 Å². The van der Waals surface area contributed by atoms with Crippen LogP contribution in [0.4, 0.5) is 20.9 Å². The first-order chi connectivity index (χ1) is 15.1. The number of nitrogens with one attached hydrogen (secondary N) is 2. The van der Waals surface area contributed by atoms with Gasteiger partial charge in [0.1, 0.15) is 5.82 Å². The SMILES string of the molecule is Cc1cc(N2CCCC2)ccc1NC(=O)CSc1nnc(NCc2ccc(F)cc2)s1. The van der Waals surface area contributed by atoms with Gasteiger partial charge in [0.2, 0.25) is 11.0 Å². The number of anilines is 3. The van der Waals surface area contributed by atoms with Crippen LogP contribution in [0.3, 0.4) is 0 Å². The third-order valence-corrected chi connectivity index (χ3v) is 7.06. The predicted octanol–water partition coefficient (Wildman–Crippen LogP) is 4.93. The minimum absolute atomic E-state index is 0.0713. The second-order valence-corrected chi connectivity index (χ2v) is 9.58. The van der Waals surface area contributed by atoms with Gasteiger partial charge in [-0.1, -0.05) is 35.2 Å². The third-order valence-electron chi connectivity index (χ3n) is 5.05. The van der Waals surface area contributed by atoms with Gasteiger partial charge in [-0.15, -0.1) is 10.2 Å². The minimum atomic E-state index is -0.255. The molecule has 0 aliphatic carbocycles. The molecule has 1 saturated heterocycles. The van der Waals surface area contributed by atoms with Crippen LogP contribution in [0.15, 0.2) is 46.8 Å². The first-order valence-electron chi connectivity index (χ1n) is 10.2. The van der Waals surface area contributed by atoms with E-state index in [2.05, 4.69) is 37.9 Å². The first-order valence-corrected chi connectivity index (χ1v) is 12.0. The topological polar surface area (TPSA) is 70.2 Å². The number of nitrogens with zero attached hydrogens (tertiary/aromatic N) is 3. The molecular weight excluding hydrogens is 433 g/mol. The molecule has 0 saturated carbocycles. The van der Waals surface area contributed by atoms with E-state index in [1.165, 1.54) is 53.8 Å². The van der Waals surface area contributed by atoms with E-state index < -0.39 is 0 Å². The van der Waals surface area contributed by atoms with Crippen LogP contribution >= 0.6 is 23.1 Å². The third kappa shape index (κ3) is 5.95. The van der Waals surface area contributed by atoms with Gasteiger partial charge in [0, 0.05) is 31.0 Å². The highest BCUT2D eigenvalue weighted by Crippen LogP contribution is 2.28. The van der Waals surface area contributed by atoms with Crippen molar-refractivity contribution in [2.24, 2.45) is 0 Å². The monoisotopic (exact) mass is 457 g/mol. The molecule has 0 atom stereocenters. The van der Waals surface area contributed by atoms with Crippen molar-refractivity contribution in [2.45, 2.75) is 30.6 Å². The lowest BCUT2D eigenvalue weighted by Gasteiger charge is -2.19. The van der Waals surface area contributed by atoms with Crippen LogP contribution in [0.5, 0.6) is 0 Å². The Morgan fingerprint density at radius 1 is 1.16 bits per heavy atom. The summed E-state index contributed by atoms with van der Waals surface area (Å²) in [5.74, 6) is -0.0627. The molecule has 162 valence electrons. The normalized spacial score (nSPS) is 13.4. The number of hydrogen-bond donors (Lipinski definition) is 2. The highest BCUT2D eigenvalue weighted by molar-refractivity contribution is 8.01. The van der Waals surface area contributed by atoms with Crippen LogP contribution in [0, 0.1) is 12.7 Å². The maximum Gasteiger partial charge on any atom is 0.234 e. The summed E-state index contributed by atoms with van der Waals surface area (Å²) in [6, 6.07) is 12.5. The zero-order valence-electron chi connectivity index (χ0n) is 17.2. The lowest BCUT2D eigenvalue weighted by Crippen LogP contribution is -2.18. The van der Waals surface area contributed by atoms with E-state index in [-0.39, 0.29) is 17.5 Å². The summed E-state index contributed by atoms with van der Waals surface area (Å²) in [5.41, 5.74) is 4.08. The second-order valence-electron chi connectivity index (χ2n) is 7.38. The molecule has 0 radical (unpaired) electrons. The molecule has 0 spiro atoms. The van der Waals surface area contributed by atoms with Gasteiger partial charge >= 0.3 is 0 Å². The van der Waals surface area contributed by atoms with Crippen molar-refractivity contribution in [1.29, 1.82) is 0 Å². The summed E-state index contributed by atoms with van der Waals surface area (Å²) in [6.45, 7) is 4.76. The summed E-state index contributed by atoms with van der Waals surface area (Å²) in [4.78, 5) is 14.8. The number of aryl methyl sites for hydroxylation is 1. The van der Waals surface area contributed by atoms with E-state index in [1.807, 2.05) is 13.0 Å². The van der Waals surface area contributed by atoms with Gasteiger partial charge in [-0.25, -0.2) is 4.39 Å². The molecule has 2 aromatic carbocycles. The van der Waals surface area contributed by atoms with E-state index in [1.54, 1.807) is 12.1 Å². The zero-order valence-corrected chi connectivity index (χ0v) is 18.9. The Kier molecular flexibility index (Phi) is 7.03. The molecule has 2 heterocycles. The van der Waals surface area contributed by atoms with Gasteiger partial charge in [0.05, 0.1) is 5.75 Å². The van der Waals surface area contributed by atoms with Crippen LogP contribution in [0.2, 0.25) is 0 Å². The summed E-state index contributed by atoms with van der Waals surface area (Å²) in [6.07, 6.45) is 2.48. The number of aromatic nitrogens is 2. The molecular formula is C22H24FN5OS2. The van der Waals surface area contributed by atoms with Crippen molar-refractivity contribution in [1.82, 2.24) is 10.2 Å². The predicted molar refractivity (Wildman–Crippen MR) is 126 cm³/mol. The number of thioether (sulfide) groups is 1. The highest BCUT2D eigenvalue weighted by atomic mass is 32.2. The molecule has 31 heavy (non-hydrogen) atoms. The molecule has 4 rings (SSSR count). The molecule has 1 amide bonds. The van der Waals surface area contributed by atoms with Crippen LogP contribution in [-0.2, 0) is 11.3 Å². The molecule has 3 aromatic rings. The van der Waals surface area contributed by atoms with Crippen LogP contribution in [-0.4, -0.2) is 34.9 Å². The van der Waals surface area contributed by atoms with Gasteiger partial charge < -0.3 is 15.5 Å². The molecule has 1 aliphatic rings. The number of carbonyl (C=O) groups excluding carboxylic acids is 1. The minimum Gasteiger partial charge on any atom is -0.372 e. The smallest absolute Gasteiger partial charge is 0.234 e. The van der Waals surface area contributed by atoms with Gasteiger partial charge in [-0.05, 0) is 61.2 Å². The van der Waals surface area contributed by atoms with Crippen molar-refractivity contribution in [2.75, 3.05) is 34.4 Å². The highest BCUT2D eigenvalue weighted by Gasteiger charge is 2.14. The number of rotatable bonds is 8. The molecule has 2 N–H and O–H groups in total. The standard InChI is InChI=1S/C22H24FN5OS2/c1-15-12-18(28-10-2-3-11-28)8-9-19(15)25-20(29)14-30-22-27-26-21(31-22)24-13-16-4-6-17(23)7-5-16/h4-9,12H,2-3,10-11,13-14H2,1H3,(H,24,26)(H,25,29). The van der Waals surface area contributed by atoms with E-state index >= 15 is 0 Å². The Balaban J connectivity index is 1.25. The fraction of sp³-hybridized carbons (Fsp3) is 0.318. The fourth-order valence-corrected chi connectivity index (χ4v) is 4.94. The van der Waals surface area contributed by atoms with Crippen molar-refractivity contribution in [3.8, 4) is 0 Å². The Morgan fingerprint density at radius 2 is 1.94 bits per heavy atom. The van der Waals surface area contributed by atoms with Gasteiger partial charge in [0.25, 0.3) is 0 Å². The molecule has 1 fully saturated rings. The summed E-state index contributed by atoms with van der Waals surface area (Å²) in [7, 11) is 0. The molecule has 0 unspecified atom stereocenters. The van der Waals surface area contributed by atoms with Crippen molar-refractivity contribution in [3.05, 3.63) is 59.4 Å².